The maximum absolute atomic E-state index is 11.4. The third-order valence-electron chi connectivity index (χ3n) is 4.18. The van der Waals surface area contributed by atoms with Crippen LogP contribution in [-0.2, 0) is 17.6 Å². The van der Waals surface area contributed by atoms with E-state index in [4.69, 9.17) is 4.74 Å². The third-order valence-corrected chi connectivity index (χ3v) is 4.18. The first-order chi connectivity index (χ1) is 8.79. The van der Waals surface area contributed by atoms with Crippen molar-refractivity contribution in [2.45, 2.75) is 38.0 Å². The van der Waals surface area contributed by atoms with E-state index < -0.39 is 0 Å². The van der Waals surface area contributed by atoms with Gasteiger partial charge in [0.25, 0.3) is 0 Å². The molecule has 96 valence electrons. The number of carbonyl (C=O) groups excluding carboxylic acids is 1. The fourth-order valence-corrected chi connectivity index (χ4v) is 3.27. The van der Waals surface area contributed by atoms with E-state index in [0.717, 1.165) is 31.6 Å². The predicted octanol–water partition coefficient (Wildman–Crippen LogP) is 2.18. The quantitative estimate of drug-likeness (QED) is 0.886. The zero-order valence-corrected chi connectivity index (χ0v) is 10.8. The van der Waals surface area contributed by atoms with Crippen LogP contribution in [0.5, 0.6) is 5.75 Å². The lowest BCUT2D eigenvalue weighted by Gasteiger charge is -2.14. The second kappa shape index (κ2) is 4.63. The number of hydrogen-bond donors (Lipinski definition) is 1. The molecule has 1 aromatic rings. The molecule has 3 rings (SSSR count). The first kappa shape index (κ1) is 11.6. The summed E-state index contributed by atoms with van der Waals surface area (Å²) in [5.41, 5.74) is 4.38. The van der Waals surface area contributed by atoms with Crippen molar-refractivity contribution in [2.75, 3.05) is 13.7 Å². The molecule has 0 saturated heterocycles. The molecule has 3 nitrogen and oxygen atoms in total. The third kappa shape index (κ3) is 1.88. The fraction of sp³-hybridized carbons (Fsp3) is 0.533. The maximum Gasteiger partial charge on any atom is 0.219 e. The smallest absolute Gasteiger partial charge is 0.219 e. The summed E-state index contributed by atoms with van der Waals surface area (Å²) in [5, 5.41) is 2.70. The molecule has 1 N–H and O–H groups in total. The number of fused-ring (bicyclic) bond motifs is 3. The van der Waals surface area contributed by atoms with Crippen molar-refractivity contribution in [1.82, 2.24) is 5.32 Å². The number of hydrogen-bond acceptors (Lipinski definition) is 2. The van der Waals surface area contributed by atoms with E-state index in [2.05, 4.69) is 17.4 Å². The number of carbonyl (C=O) groups is 1. The predicted molar refractivity (Wildman–Crippen MR) is 70.0 cm³/mol. The van der Waals surface area contributed by atoms with Crippen molar-refractivity contribution in [3.05, 3.63) is 28.8 Å². The molecule has 0 saturated carbocycles. The van der Waals surface area contributed by atoms with E-state index in [9.17, 15) is 4.79 Å². The lowest BCUT2D eigenvalue weighted by atomic mass is 9.91. The van der Waals surface area contributed by atoms with Gasteiger partial charge in [0.2, 0.25) is 5.91 Å². The van der Waals surface area contributed by atoms with Gasteiger partial charge in [-0.15, -0.1) is 0 Å². The Morgan fingerprint density at radius 1 is 1.44 bits per heavy atom. The van der Waals surface area contributed by atoms with Crippen LogP contribution >= 0.6 is 0 Å². The Kier molecular flexibility index (Phi) is 2.98. The van der Waals surface area contributed by atoms with E-state index in [1.807, 2.05) is 0 Å². The van der Waals surface area contributed by atoms with Gasteiger partial charge in [-0.2, -0.15) is 0 Å². The van der Waals surface area contributed by atoms with Crippen molar-refractivity contribution in [3.63, 3.8) is 0 Å². The zero-order chi connectivity index (χ0) is 12.5. The normalized spacial score (nSPS) is 20.2. The molecule has 1 atom stereocenters. The summed E-state index contributed by atoms with van der Waals surface area (Å²) in [7, 11) is 1.70. The molecule has 0 radical (unpaired) electrons. The van der Waals surface area contributed by atoms with Crippen LogP contribution in [0.3, 0.4) is 0 Å². The standard InChI is InChI=1S/C15H19NO2/c1-16-14(17)7-5-11-3-2-10-4-6-13-12(15(10)11)8-9-18-13/h4,6,11H,2-3,5,7-9H2,1H3,(H,16,17). The Bertz CT molecular complexity index is 482. The van der Waals surface area contributed by atoms with Gasteiger partial charge in [-0.05, 0) is 42.4 Å². The van der Waals surface area contributed by atoms with Gasteiger partial charge >= 0.3 is 0 Å². The minimum atomic E-state index is 0.146. The second-order valence-corrected chi connectivity index (χ2v) is 5.16. The molecule has 2 aliphatic rings. The average molecular weight is 245 g/mol. The molecule has 1 aliphatic heterocycles. The van der Waals surface area contributed by atoms with Gasteiger partial charge in [0.15, 0.2) is 0 Å². The van der Waals surface area contributed by atoms with Gasteiger partial charge < -0.3 is 10.1 Å². The van der Waals surface area contributed by atoms with E-state index in [1.54, 1.807) is 7.05 Å². The summed E-state index contributed by atoms with van der Waals surface area (Å²) >= 11 is 0. The summed E-state index contributed by atoms with van der Waals surface area (Å²) in [6, 6.07) is 4.32. The molecular weight excluding hydrogens is 226 g/mol. The Morgan fingerprint density at radius 2 is 2.33 bits per heavy atom. The monoisotopic (exact) mass is 245 g/mol. The van der Waals surface area contributed by atoms with Crippen LogP contribution in [0, 0.1) is 0 Å². The molecule has 0 bridgehead atoms. The number of ether oxygens (including phenoxy) is 1. The van der Waals surface area contributed by atoms with Gasteiger partial charge in [-0.1, -0.05) is 6.07 Å². The van der Waals surface area contributed by atoms with Crippen LogP contribution < -0.4 is 10.1 Å². The Morgan fingerprint density at radius 3 is 3.17 bits per heavy atom. The molecule has 1 aromatic carbocycles. The number of benzene rings is 1. The minimum absolute atomic E-state index is 0.146. The molecule has 1 aliphatic carbocycles. The van der Waals surface area contributed by atoms with Crippen molar-refractivity contribution in [3.8, 4) is 5.75 Å². The van der Waals surface area contributed by atoms with E-state index in [-0.39, 0.29) is 5.91 Å². The van der Waals surface area contributed by atoms with Crippen molar-refractivity contribution in [2.24, 2.45) is 0 Å². The Labute approximate surface area is 108 Å². The van der Waals surface area contributed by atoms with Crippen LogP contribution in [0.1, 0.15) is 41.9 Å². The second-order valence-electron chi connectivity index (χ2n) is 5.16. The van der Waals surface area contributed by atoms with Crippen LogP contribution in [-0.4, -0.2) is 19.6 Å². The first-order valence-electron chi connectivity index (χ1n) is 6.77. The van der Waals surface area contributed by atoms with Crippen molar-refractivity contribution in [1.29, 1.82) is 0 Å². The van der Waals surface area contributed by atoms with Gasteiger partial charge in [0, 0.05) is 25.5 Å². The molecule has 3 heteroatoms. The highest BCUT2D eigenvalue weighted by Crippen LogP contribution is 2.43. The largest absolute Gasteiger partial charge is 0.493 e. The number of nitrogens with one attached hydrogen (secondary N) is 1. The molecule has 1 heterocycles. The summed E-state index contributed by atoms with van der Waals surface area (Å²) in [6.07, 6.45) is 4.97. The SMILES string of the molecule is CNC(=O)CCC1CCc2ccc3c(c21)CCO3. The number of amides is 1. The molecule has 1 amide bonds. The lowest BCUT2D eigenvalue weighted by Crippen LogP contribution is -2.18. The fourth-order valence-electron chi connectivity index (χ4n) is 3.27. The Balaban J connectivity index is 1.82. The minimum Gasteiger partial charge on any atom is -0.493 e. The maximum atomic E-state index is 11.4. The van der Waals surface area contributed by atoms with Gasteiger partial charge in [-0.25, -0.2) is 0 Å². The zero-order valence-electron chi connectivity index (χ0n) is 10.8. The van der Waals surface area contributed by atoms with Crippen LogP contribution in [0.25, 0.3) is 0 Å². The highest BCUT2D eigenvalue weighted by atomic mass is 16.5. The number of rotatable bonds is 3. The molecule has 18 heavy (non-hydrogen) atoms. The van der Waals surface area contributed by atoms with Crippen LogP contribution in [0.4, 0.5) is 0 Å². The van der Waals surface area contributed by atoms with Gasteiger partial charge in [0.05, 0.1) is 6.61 Å². The summed E-state index contributed by atoms with van der Waals surface area (Å²) in [6.45, 7) is 0.813. The van der Waals surface area contributed by atoms with Crippen LogP contribution in [0.2, 0.25) is 0 Å². The summed E-state index contributed by atoms with van der Waals surface area (Å²) in [5.74, 6) is 1.77. The van der Waals surface area contributed by atoms with Crippen molar-refractivity contribution < 1.29 is 9.53 Å². The van der Waals surface area contributed by atoms with Crippen molar-refractivity contribution >= 4 is 5.91 Å². The van der Waals surface area contributed by atoms with Crippen LogP contribution in [0.15, 0.2) is 12.1 Å². The molecule has 1 unspecified atom stereocenters. The molecule has 0 spiro atoms. The van der Waals surface area contributed by atoms with E-state index in [0.29, 0.717) is 12.3 Å². The van der Waals surface area contributed by atoms with E-state index in [1.165, 1.54) is 23.1 Å². The highest BCUT2D eigenvalue weighted by molar-refractivity contribution is 5.75. The highest BCUT2D eigenvalue weighted by Gasteiger charge is 2.29. The number of aryl methyl sites for hydroxylation is 1. The van der Waals surface area contributed by atoms with Gasteiger partial charge in [0.1, 0.15) is 5.75 Å². The first-order valence-corrected chi connectivity index (χ1v) is 6.77. The molecule has 0 aromatic heterocycles. The molecular formula is C15H19NO2. The Hall–Kier alpha value is -1.51. The summed E-state index contributed by atoms with van der Waals surface area (Å²) in [4.78, 5) is 11.4. The molecule has 0 fully saturated rings. The van der Waals surface area contributed by atoms with Gasteiger partial charge in [-0.3, -0.25) is 4.79 Å². The summed E-state index contributed by atoms with van der Waals surface area (Å²) < 4.78 is 5.64. The lowest BCUT2D eigenvalue weighted by molar-refractivity contribution is -0.120. The van der Waals surface area contributed by atoms with E-state index >= 15 is 0 Å². The topological polar surface area (TPSA) is 38.3 Å². The average Bonchev–Trinajstić information content (AvgIpc) is 3.01.